The number of amides is 1. The molecule has 0 saturated carbocycles. The van der Waals surface area contributed by atoms with E-state index < -0.39 is 5.60 Å². The zero-order chi connectivity index (χ0) is 16.3. The van der Waals surface area contributed by atoms with Gasteiger partial charge in [-0.3, -0.25) is 14.7 Å². The van der Waals surface area contributed by atoms with Crippen LogP contribution in [0.25, 0.3) is 0 Å². The van der Waals surface area contributed by atoms with Crippen molar-refractivity contribution in [1.82, 2.24) is 14.8 Å². The second kappa shape index (κ2) is 6.97. The van der Waals surface area contributed by atoms with Gasteiger partial charge in [-0.15, -0.1) is 0 Å². The van der Waals surface area contributed by atoms with Crippen molar-refractivity contribution in [1.29, 1.82) is 0 Å². The van der Waals surface area contributed by atoms with E-state index in [1.807, 2.05) is 17.0 Å². The molecule has 1 N–H and O–H groups in total. The largest absolute Gasteiger partial charge is 0.385 e. The number of hydrogen-bond donors (Lipinski definition) is 1. The lowest BCUT2D eigenvalue weighted by atomic mass is 9.85. The molecule has 3 heterocycles. The Labute approximate surface area is 138 Å². The molecule has 2 saturated heterocycles. The number of carbonyl (C=O) groups is 1. The van der Waals surface area contributed by atoms with Crippen molar-refractivity contribution in [3.63, 3.8) is 0 Å². The predicted molar refractivity (Wildman–Crippen MR) is 88.8 cm³/mol. The van der Waals surface area contributed by atoms with Crippen LogP contribution in [-0.4, -0.2) is 58.5 Å². The van der Waals surface area contributed by atoms with Gasteiger partial charge in [0, 0.05) is 44.1 Å². The molecule has 3 rings (SSSR count). The Morgan fingerprint density at radius 2 is 2.00 bits per heavy atom. The highest BCUT2D eigenvalue weighted by atomic mass is 16.3. The van der Waals surface area contributed by atoms with E-state index in [9.17, 15) is 9.90 Å². The van der Waals surface area contributed by atoms with E-state index in [0.717, 1.165) is 50.5 Å². The van der Waals surface area contributed by atoms with Gasteiger partial charge in [0.25, 0.3) is 0 Å². The Bertz CT molecular complexity index is 518. The molecule has 0 atom stereocenters. The third-order valence-corrected chi connectivity index (χ3v) is 5.38. The Morgan fingerprint density at radius 3 is 2.61 bits per heavy atom. The predicted octanol–water partition coefficient (Wildman–Crippen LogP) is 1.62. The first-order valence-electron chi connectivity index (χ1n) is 8.70. The van der Waals surface area contributed by atoms with E-state index in [0.29, 0.717) is 19.4 Å². The van der Waals surface area contributed by atoms with Crippen LogP contribution in [0.3, 0.4) is 0 Å². The number of hydrogen-bond acceptors (Lipinski definition) is 4. The summed E-state index contributed by atoms with van der Waals surface area (Å²) in [6, 6.07) is 3.79. The quantitative estimate of drug-likeness (QED) is 0.920. The van der Waals surface area contributed by atoms with Gasteiger partial charge in [-0.2, -0.15) is 0 Å². The third kappa shape index (κ3) is 3.90. The average molecular weight is 317 g/mol. The lowest BCUT2D eigenvalue weighted by Gasteiger charge is -2.39. The maximum atomic E-state index is 12.4. The number of piperidine rings is 2. The zero-order valence-corrected chi connectivity index (χ0v) is 13.9. The van der Waals surface area contributed by atoms with E-state index >= 15 is 0 Å². The Balaban J connectivity index is 1.50. The summed E-state index contributed by atoms with van der Waals surface area (Å²) in [5.41, 5.74) is 0.0879. The van der Waals surface area contributed by atoms with E-state index in [4.69, 9.17) is 0 Å². The molecule has 1 aromatic rings. The number of likely N-dealkylation sites (tertiary alicyclic amines) is 2. The SMILES string of the molecule is CC1CCN(C(=O)CN2CCC(O)(c3cccnc3)CC2)CC1. The molecule has 23 heavy (non-hydrogen) atoms. The summed E-state index contributed by atoms with van der Waals surface area (Å²) in [6.07, 6.45) is 7.01. The lowest BCUT2D eigenvalue weighted by molar-refractivity contribution is -0.135. The average Bonchev–Trinajstić information content (AvgIpc) is 2.58. The molecule has 2 aliphatic rings. The van der Waals surface area contributed by atoms with Crippen LogP contribution >= 0.6 is 0 Å². The number of carbonyl (C=O) groups excluding carboxylic acids is 1. The topological polar surface area (TPSA) is 56.7 Å². The Hall–Kier alpha value is -1.46. The van der Waals surface area contributed by atoms with E-state index in [1.165, 1.54) is 0 Å². The highest BCUT2D eigenvalue weighted by Gasteiger charge is 2.35. The fraction of sp³-hybridized carbons (Fsp3) is 0.667. The number of nitrogens with zero attached hydrogens (tertiary/aromatic N) is 3. The molecule has 126 valence electrons. The van der Waals surface area contributed by atoms with E-state index in [2.05, 4.69) is 16.8 Å². The first-order chi connectivity index (χ1) is 11.1. The first kappa shape index (κ1) is 16.4. The van der Waals surface area contributed by atoms with Crippen molar-refractivity contribution in [3.8, 4) is 0 Å². The van der Waals surface area contributed by atoms with Crippen LogP contribution in [0.1, 0.15) is 38.2 Å². The number of rotatable bonds is 3. The van der Waals surface area contributed by atoms with Gasteiger partial charge in [-0.1, -0.05) is 13.0 Å². The fourth-order valence-corrected chi connectivity index (χ4v) is 3.56. The van der Waals surface area contributed by atoms with Gasteiger partial charge < -0.3 is 10.0 Å². The van der Waals surface area contributed by atoms with Crippen LogP contribution in [0.2, 0.25) is 0 Å². The molecule has 0 spiro atoms. The van der Waals surface area contributed by atoms with Gasteiger partial charge in [-0.25, -0.2) is 0 Å². The van der Waals surface area contributed by atoms with Crippen molar-refractivity contribution >= 4 is 5.91 Å². The second-order valence-corrected chi connectivity index (χ2v) is 7.11. The van der Waals surface area contributed by atoms with Crippen LogP contribution in [0.5, 0.6) is 0 Å². The van der Waals surface area contributed by atoms with Gasteiger partial charge in [0.2, 0.25) is 5.91 Å². The first-order valence-corrected chi connectivity index (χ1v) is 8.70. The molecule has 1 amide bonds. The molecule has 2 fully saturated rings. The van der Waals surface area contributed by atoms with Crippen molar-refractivity contribution in [2.24, 2.45) is 5.92 Å². The molecule has 0 aromatic carbocycles. The minimum atomic E-state index is -0.797. The molecule has 2 aliphatic heterocycles. The number of aromatic nitrogens is 1. The van der Waals surface area contributed by atoms with Gasteiger partial charge >= 0.3 is 0 Å². The summed E-state index contributed by atoms with van der Waals surface area (Å²) in [5, 5.41) is 10.8. The molecular weight excluding hydrogens is 290 g/mol. The maximum absolute atomic E-state index is 12.4. The van der Waals surface area contributed by atoms with Gasteiger partial charge in [0.15, 0.2) is 0 Å². The number of aliphatic hydroxyl groups is 1. The monoisotopic (exact) mass is 317 g/mol. The summed E-state index contributed by atoms with van der Waals surface area (Å²) < 4.78 is 0. The highest BCUT2D eigenvalue weighted by molar-refractivity contribution is 5.78. The summed E-state index contributed by atoms with van der Waals surface area (Å²) >= 11 is 0. The Kier molecular flexibility index (Phi) is 4.97. The summed E-state index contributed by atoms with van der Waals surface area (Å²) in [6.45, 7) is 6.03. The summed E-state index contributed by atoms with van der Waals surface area (Å²) in [4.78, 5) is 20.7. The van der Waals surface area contributed by atoms with Crippen molar-refractivity contribution in [2.45, 2.75) is 38.2 Å². The fourth-order valence-electron chi connectivity index (χ4n) is 3.56. The standard InChI is InChI=1S/C18H27N3O2/c1-15-4-9-21(10-5-15)17(22)14-20-11-6-18(23,7-12-20)16-3-2-8-19-13-16/h2-3,8,13,15,23H,4-7,9-12,14H2,1H3. The second-order valence-electron chi connectivity index (χ2n) is 7.11. The van der Waals surface area contributed by atoms with Crippen LogP contribution in [-0.2, 0) is 10.4 Å². The van der Waals surface area contributed by atoms with Crippen molar-refractivity contribution < 1.29 is 9.90 Å². The van der Waals surface area contributed by atoms with Crippen LogP contribution in [0, 0.1) is 5.92 Å². The smallest absolute Gasteiger partial charge is 0.236 e. The van der Waals surface area contributed by atoms with Gasteiger partial charge in [-0.05, 0) is 37.7 Å². The van der Waals surface area contributed by atoms with Crippen LogP contribution < -0.4 is 0 Å². The van der Waals surface area contributed by atoms with Crippen molar-refractivity contribution in [3.05, 3.63) is 30.1 Å². The molecule has 0 unspecified atom stereocenters. The van der Waals surface area contributed by atoms with Gasteiger partial charge in [0.1, 0.15) is 0 Å². The van der Waals surface area contributed by atoms with E-state index in [-0.39, 0.29) is 5.91 Å². The molecule has 0 bridgehead atoms. The molecule has 5 heteroatoms. The third-order valence-electron chi connectivity index (χ3n) is 5.38. The molecular formula is C18H27N3O2. The normalized spacial score (nSPS) is 23.0. The van der Waals surface area contributed by atoms with Crippen LogP contribution in [0.15, 0.2) is 24.5 Å². The molecule has 1 aromatic heterocycles. The lowest BCUT2D eigenvalue weighted by Crippen LogP contribution is -2.48. The summed E-state index contributed by atoms with van der Waals surface area (Å²) in [7, 11) is 0. The minimum absolute atomic E-state index is 0.240. The van der Waals surface area contributed by atoms with Gasteiger partial charge in [0.05, 0.1) is 12.1 Å². The van der Waals surface area contributed by atoms with Crippen molar-refractivity contribution in [2.75, 3.05) is 32.7 Å². The molecule has 0 radical (unpaired) electrons. The van der Waals surface area contributed by atoms with Crippen LogP contribution in [0.4, 0.5) is 0 Å². The highest BCUT2D eigenvalue weighted by Crippen LogP contribution is 2.32. The molecule has 5 nitrogen and oxygen atoms in total. The van der Waals surface area contributed by atoms with E-state index in [1.54, 1.807) is 12.4 Å². The molecule has 0 aliphatic carbocycles. The minimum Gasteiger partial charge on any atom is -0.385 e. The zero-order valence-electron chi connectivity index (χ0n) is 13.9. The number of pyridine rings is 1. The maximum Gasteiger partial charge on any atom is 0.236 e. The Morgan fingerprint density at radius 1 is 1.30 bits per heavy atom. The summed E-state index contributed by atoms with van der Waals surface area (Å²) in [5.74, 6) is 0.979.